The molecule has 1 aliphatic heterocycles. The van der Waals surface area contributed by atoms with Crippen molar-refractivity contribution in [1.82, 2.24) is 4.90 Å². The zero-order chi connectivity index (χ0) is 16.9. The molecule has 1 N–H and O–H groups in total. The molecule has 0 radical (unpaired) electrons. The van der Waals surface area contributed by atoms with Crippen LogP contribution in [0.25, 0.3) is 0 Å². The fraction of sp³-hybridized carbons (Fsp3) is 0.278. The summed E-state index contributed by atoms with van der Waals surface area (Å²) in [6, 6.07) is 13.9. The minimum absolute atomic E-state index is 0.0157. The van der Waals surface area contributed by atoms with Gasteiger partial charge in [0, 0.05) is 30.3 Å². The Bertz CT molecular complexity index is 688. The lowest BCUT2D eigenvalue weighted by Crippen LogP contribution is -2.32. The van der Waals surface area contributed by atoms with Crippen molar-refractivity contribution < 1.29 is 14.6 Å². The van der Waals surface area contributed by atoms with E-state index in [2.05, 4.69) is 0 Å². The molecule has 2 amide bonds. The van der Waals surface area contributed by atoms with Gasteiger partial charge in [-0.25, -0.2) is 4.79 Å². The number of hydrogen-bond donors (Lipinski definition) is 1. The van der Waals surface area contributed by atoms with E-state index in [1.165, 1.54) is 0 Å². The van der Waals surface area contributed by atoms with Crippen molar-refractivity contribution in [1.29, 1.82) is 0 Å². The first-order valence-corrected chi connectivity index (χ1v) is 8.25. The van der Waals surface area contributed by atoms with Crippen molar-refractivity contribution in [2.75, 3.05) is 31.1 Å². The van der Waals surface area contributed by atoms with Crippen LogP contribution in [0.3, 0.4) is 0 Å². The van der Waals surface area contributed by atoms with Crippen molar-refractivity contribution in [2.24, 2.45) is 0 Å². The number of amides is 2. The lowest BCUT2D eigenvalue weighted by atomic mass is 10.3. The zero-order valence-corrected chi connectivity index (χ0v) is 13.9. The molecule has 24 heavy (non-hydrogen) atoms. The normalized spacial score (nSPS) is 14.3. The van der Waals surface area contributed by atoms with Crippen LogP contribution in [0.4, 0.5) is 10.5 Å². The Morgan fingerprint density at radius 2 is 1.75 bits per heavy atom. The molecule has 0 bridgehead atoms. The number of anilines is 1. The molecule has 0 aliphatic carbocycles. The Morgan fingerprint density at radius 1 is 1.04 bits per heavy atom. The fourth-order valence-electron chi connectivity index (χ4n) is 2.64. The Balaban J connectivity index is 1.45. The van der Waals surface area contributed by atoms with E-state index >= 15 is 0 Å². The van der Waals surface area contributed by atoms with Crippen LogP contribution in [0.15, 0.2) is 48.5 Å². The Hall–Kier alpha value is -2.40. The second kappa shape index (κ2) is 7.45. The van der Waals surface area contributed by atoms with Gasteiger partial charge in [0.05, 0.1) is 6.61 Å². The molecule has 1 fully saturated rings. The highest BCUT2D eigenvalue weighted by atomic mass is 35.5. The number of rotatable bonds is 6. The third-order valence-electron chi connectivity index (χ3n) is 3.91. The number of nitrogens with zero attached hydrogens (tertiary/aromatic N) is 2. The molecule has 1 heterocycles. The molecule has 0 saturated carbocycles. The number of carbonyl (C=O) groups excluding carboxylic acids is 1. The molecule has 1 saturated heterocycles. The standard InChI is InChI=1S/C18H19ClN2O3/c19-14-2-4-15(5-3-14)21-12-11-20(18(21)23)10-1-13-24-17-8-6-16(22)7-9-17/h2-9,22H,1,10-13H2. The molecule has 3 rings (SSSR count). The number of benzene rings is 2. The van der Waals surface area contributed by atoms with Gasteiger partial charge in [-0.2, -0.15) is 0 Å². The van der Waals surface area contributed by atoms with Gasteiger partial charge in [0.1, 0.15) is 11.5 Å². The van der Waals surface area contributed by atoms with Gasteiger partial charge in [-0.1, -0.05) is 11.6 Å². The van der Waals surface area contributed by atoms with E-state index in [9.17, 15) is 9.90 Å². The topological polar surface area (TPSA) is 53.0 Å². The summed E-state index contributed by atoms with van der Waals surface area (Å²) in [5, 5.41) is 9.88. The second-order valence-electron chi connectivity index (χ2n) is 5.59. The van der Waals surface area contributed by atoms with Crippen LogP contribution in [-0.4, -0.2) is 42.3 Å². The minimum atomic E-state index is 0.0157. The van der Waals surface area contributed by atoms with Crippen LogP contribution in [0.2, 0.25) is 5.02 Å². The van der Waals surface area contributed by atoms with Gasteiger partial charge < -0.3 is 14.7 Å². The van der Waals surface area contributed by atoms with Gasteiger partial charge >= 0.3 is 6.03 Å². The summed E-state index contributed by atoms with van der Waals surface area (Å²) in [5.41, 5.74) is 0.868. The van der Waals surface area contributed by atoms with Crippen LogP contribution in [0, 0.1) is 0 Å². The number of phenolic OH excluding ortho intramolecular Hbond substituents is 1. The third kappa shape index (κ3) is 3.92. The van der Waals surface area contributed by atoms with Crippen molar-refractivity contribution >= 4 is 23.3 Å². The average molecular weight is 347 g/mol. The average Bonchev–Trinajstić information content (AvgIpc) is 2.95. The van der Waals surface area contributed by atoms with Crippen molar-refractivity contribution in [3.05, 3.63) is 53.6 Å². The number of phenols is 1. The monoisotopic (exact) mass is 346 g/mol. The number of carbonyl (C=O) groups is 1. The van der Waals surface area contributed by atoms with E-state index in [1.807, 2.05) is 17.0 Å². The van der Waals surface area contributed by atoms with E-state index in [0.717, 1.165) is 12.1 Å². The summed E-state index contributed by atoms with van der Waals surface area (Å²) in [6.45, 7) is 2.57. The first-order valence-electron chi connectivity index (χ1n) is 7.87. The van der Waals surface area contributed by atoms with Gasteiger partial charge in [-0.3, -0.25) is 4.90 Å². The first-order chi connectivity index (χ1) is 11.6. The molecule has 0 unspecified atom stereocenters. The lowest BCUT2D eigenvalue weighted by molar-refractivity contribution is 0.214. The van der Waals surface area contributed by atoms with E-state index in [0.29, 0.717) is 37.0 Å². The summed E-state index contributed by atoms with van der Waals surface area (Å²) >= 11 is 5.89. The number of aromatic hydroxyl groups is 1. The summed E-state index contributed by atoms with van der Waals surface area (Å²) in [7, 11) is 0. The van der Waals surface area contributed by atoms with Gasteiger partial charge in [0.25, 0.3) is 0 Å². The van der Waals surface area contributed by atoms with Crippen LogP contribution in [0.5, 0.6) is 11.5 Å². The number of halogens is 1. The van der Waals surface area contributed by atoms with E-state index in [4.69, 9.17) is 16.3 Å². The Labute approximate surface area is 146 Å². The molecule has 6 heteroatoms. The fourth-order valence-corrected chi connectivity index (χ4v) is 2.76. The molecule has 2 aromatic carbocycles. The number of hydrogen-bond acceptors (Lipinski definition) is 3. The van der Waals surface area contributed by atoms with Gasteiger partial charge in [0.2, 0.25) is 0 Å². The molecule has 126 valence electrons. The van der Waals surface area contributed by atoms with Crippen molar-refractivity contribution in [3.8, 4) is 11.5 Å². The summed E-state index contributed by atoms with van der Waals surface area (Å²) in [4.78, 5) is 16.0. The summed E-state index contributed by atoms with van der Waals surface area (Å²) in [5.74, 6) is 0.927. The highest BCUT2D eigenvalue weighted by Gasteiger charge is 2.28. The van der Waals surface area contributed by atoms with Crippen LogP contribution >= 0.6 is 11.6 Å². The number of ether oxygens (including phenoxy) is 1. The first kappa shape index (κ1) is 16.5. The maximum atomic E-state index is 12.4. The molecule has 5 nitrogen and oxygen atoms in total. The Kier molecular flexibility index (Phi) is 5.11. The van der Waals surface area contributed by atoms with Crippen LogP contribution in [0.1, 0.15) is 6.42 Å². The molecule has 0 spiro atoms. The smallest absolute Gasteiger partial charge is 0.324 e. The molecule has 2 aromatic rings. The van der Waals surface area contributed by atoms with Crippen molar-refractivity contribution in [3.63, 3.8) is 0 Å². The maximum absolute atomic E-state index is 12.4. The molecular weight excluding hydrogens is 328 g/mol. The molecule has 0 aromatic heterocycles. The molecule has 1 aliphatic rings. The SMILES string of the molecule is O=C1N(CCCOc2ccc(O)cc2)CCN1c1ccc(Cl)cc1. The van der Waals surface area contributed by atoms with Gasteiger partial charge in [-0.05, 0) is 55.0 Å². The molecule has 0 atom stereocenters. The summed E-state index contributed by atoms with van der Waals surface area (Å²) in [6.07, 6.45) is 0.751. The van der Waals surface area contributed by atoms with E-state index in [1.54, 1.807) is 41.3 Å². The highest BCUT2D eigenvalue weighted by molar-refractivity contribution is 6.30. The predicted molar refractivity (Wildman–Crippen MR) is 94.0 cm³/mol. The third-order valence-corrected chi connectivity index (χ3v) is 4.16. The summed E-state index contributed by atoms with van der Waals surface area (Å²) < 4.78 is 5.60. The largest absolute Gasteiger partial charge is 0.508 e. The predicted octanol–water partition coefficient (Wildman–Crippen LogP) is 3.76. The van der Waals surface area contributed by atoms with E-state index in [-0.39, 0.29) is 11.8 Å². The lowest BCUT2D eigenvalue weighted by Gasteiger charge is -2.18. The van der Waals surface area contributed by atoms with Crippen LogP contribution in [-0.2, 0) is 0 Å². The Morgan fingerprint density at radius 3 is 2.46 bits per heavy atom. The minimum Gasteiger partial charge on any atom is -0.508 e. The van der Waals surface area contributed by atoms with Gasteiger partial charge in [-0.15, -0.1) is 0 Å². The van der Waals surface area contributed by atoms with Crippen LogP contribution < -0.4 is 9.64 Å². The second-order valence-corrected chi connectivity index (χ2v) is 6.03. The number of urea groups is 1. The molecular formula is C18H19ClN2O3. The van der Waals surface area contributed by atoms with E-state index < -0.39 is 0 Å². The zero-order valence-electron chi connectivity index (χ0n) is 13.2. The quantitative estimate of drug-likeness (QED) is 0.810. The van der Waals surface area contributed by atoms with Gasteiger partial charge in [0.15, 0.2) is 0 Å². The highest BCUT2D eigenvalue weighted by Crippen LogP contribution is 2.22. The van der Waals surface area contributed by atoms with Crippen molar-refractivity contribution in [2.45, 2.75) is 6.42 Å². The maximum Gasteiger partial charge on any atom is 0.324 e.